The molecule has 1 aromatic rings. The van der Waals surface area contributed by atoms with E-state index in [1.54, 1.807) is 5.56 Å². The Morgan fingerprint density at radius 3 is 2.53 bits per heavy atom. The molecule has 1 aromatic heterocycles. The molecule has 2 heteroatoms. The number of nitrogens with one attached hydrogen (secondary N) is 1. The number of rotatable bonds is 4. The molecule has 1 N–H and O–H groups in total. The summed E-state index contributed by atoms with van der Waals surface area (Å²) in [6, 6.07) is 2.31. The average Bonchev–Trinajstić information content (AvgIpc) is 2.73. The number of hydrogen-bond acceptors (Lipinski definition) is 2. The third-order valence-corrected chi connectivity index (χ3v) is 5.02. The standard InChI is InChI=1S/C17H29NS/c1-17(2,3)18-12-16-8-6-4-5-7-15(16)11-14-9-10-19-13-14/h9-10,13,15-16,18H,4-8,11-12H2,1-3H3. The van der Waals surface area contributed by atoms with Crippen molar-refractivity contribution in [2.75, 3.05) is 6.54 Å². The normalized spacial score (nSPS) is 25.2. The van der Waals surface area contributed by atoms with Gasteiger partial charge >= 0.3 is 0 Å². The average molecular weight is 279 g/mol. The van der Waals surface area contributed by atoms with Gasteiger partial charge in [0.15, 0.2) is 0 Å². The number of hydrogen-bond donors (Lipinski definition) is 1. The number of thiophene rings is 1. The second kappa shape index (κ2) is 6.90. The lowest BCUT2D eigenvalue weighted by Crippen LogP contribution is -2.40. The van der Waals surface area contributed by atoms with Gasteiger partial charge in [-0.15, -0.1) is 0 Å². The smallest absolute Gasteiger partial charge is 0.00966 e. The maximum atomic E-state index is 3.73. The summed E-state index contributed by atoms with van der Waals surface area (Å²) in [5.41, 5.74) is 1.80. The van der Waals surface area contributed by atoms with E-state index in [1.165, 1.54) is 45.1 Å². The van der Waals surface area contributed by atoms with E-state index < -0.39 is 0 Å². The van der Waals surface area contributed by atoms with Gasteiger partial charge in [-0.2, -0.15) is 11.3 Å². The van der Waals surface area contributed by atoms with Gasteiger partial charge in [0.2, 0.25) is 0 Å². The van der Waals surface area contributed by atoms with Crippen molar-refractivity contribution in [3.8, 4) is 0 Å². The third-order valence-electron chi connectivity index (χ3n) is 4.29. The Bertz CT molecular complexity index is 350. The lowest BCUT2D eigenvalue weighted by atomic mass is 9.83. The van der Waals surface area contributed by atoms with E-state index in [0.717, 1.165) is 11.8 Å². The zero-order valence-electron chi connectivity index (χ0n) is 12.7. The molecule has 0 radical (unpaired) electrons. The fourth-order valence-electron chi connectivity index (χ4n) is 3.15. The predicted molar refractivity (Wildman–Crippen MR) is 85.8 cm³/mol. The maximum absolute atomic E-state index is 3.73. The Hall–Kier alpha value is -0.340. The van der Waals surface area contributed by atoms with Gasteiger partial charge in [-0.25, -0.2) is 0 Å². The molecule has 2 unspecified atom stereocenters. The molecular weight excluding hydrogens is 250 g/mol. The SMILES string of the molecule is CC(C)(C)NCC1CCCCCC1Cc1ccsc1. The molecule has 0 aromatic carbocycles. The molecule has 0 bridgehead atoms. The van der Waals surface area contributed by atoms with Gasteiger partial charge in [-0.05, 0) is 80.8 Å². The quantitative estimate of drug-likeness (QED) is 0.775. The molecule has 1 fully saturated rings. The lowest BCUT2D eigenvalue weighted by molar-refractivity contribution is 0.270. The highest BCUT2D eigenvalue weighted by molar-refractivity contribution is 7.07. The van der Waals surface area contributed by atoms with Crippen molar-refractivity contribution >= 4 is 11.3 Å². The fourth-order valence-corrected chi connectivity index (χ4v) is 3.83. The van der Waals surface area contributed by atoms with Crippen LogP contribution in [0.25, 0.3) is 0 Å². The topological polar surface area (TPSA) is 12.0 Å². The van der Waals surface area contributed by atoms with Crippen LogP contribution < -0.4 is 5.32 Å². The van der Waals surface area contributed by atoms with Gasteiger partial charge in [0.1, 0.15) is 0 Å². The van der Waals surface area contributed by atoms with Gasteiger partial charge in [-0.1, -0.05) is 19.3 Å². The van der Waals surface area contributed by atoms with Crippen molar-refractivity contribution in [1.82, 2.24) is 5.32 Å². The van der Waals surface area contributed by atoms with E-state index in [0.29, 0.717) is 0 Å². The first-order valence-electron chi connectivity index (χ1n) is 7.81. The van der Waals surface area contributed by atoms with Crippen molar-refractivity contribution in [3.63, 3.8) is 0 Å². The molecule has 0 spiro atoms. The fraction of sp³-hybridized carbons (Fsp3) is 0.765. The van der Waals surface area contributed by atoms with Crippen LogP contribution in [0.5, 0.6) is 0 Å². The second-order valence-electron chi connectivity index (χ2n) is 7.12. The van der Waals surface area contributed by atoms with Crippen molar-refractivity contribution in [2.24, 2.45) is 11.8 Å². The lowest BCUT2D eigenvalue weighted by Gasteiger charge is -2.29. The summed E-state index contributed by atoms with van der Waals surface area (Å²) in [5.74, 6) is 1.74. The molecule has 2 rings (SSSR count). The summed E-state index contributed by atoms with van der Waals surface area (Å²) >= 11 is 1.84. The van der Waals surface area contributed by atoms with E-state index >= 15 is 0 Å². The minimum atomic E-state index is 0.249. The van der Waals surface area contributed by atoms with Gasteiger partial charge < -0.3 is 5.32 Å². The second-order valence-corrected chi connectivity index (χ2v) is 7.90. The molecule has 1 heterocycles. The molecule has 1 aliphatic carbocycles. The summed E-state index contributed by atoms with van der Waals surface area (Å²) in [5, 5.41) is 8.28. The van der Waals surface area contributed by atoms with Crippen LogP contribution in [0.1, 0.15) is 58.4 Å². The summed E-state index contributed by atoms with van der Waals surface area (Å²) in [6.45, 7) is 8.02. The zero-order chi connectivity index (χ0) is 13.7. The molecule has 108 valence electrons. The van der Waals surface area contributed by atoms with Crippen LogP contribution in [0, 0.1) is 11.8 Å². The summed E-state index contributed by atoms with van der Waals surface area (Å²) in [6.07, 6.45) is 8.42. The summed E-state index contributed by atoms with van der Waals surface area (Å²) < 4.78 is 0. The minimum absolute atomic E-state index is 0.249. The summed E-state index contributed by atoms with van der Waals surface area (Å²) in [7, 11) is 0. The van der Waals surface area contributed by atoms with Crippen LogP contribution in [0.2, 0.25) is 0 Å². The van der Waals surface area contributed by atoms with Gasteiger partial charge in [0.25, 0.3) is 0 Å². The predicted octanol–water partition coefficient (Wildman–Crippen LogP) is 4.88. The Balaban J connectivity index is 1.94. The van der Waals surface area contributed by atoms with Crippen LogP contribution in [-0.4, -0.2) is 12.1 Å². The molecule has 0 amide bonds. The highest BCUT2D eigenvalue weighted by Gasteiger charge is 2.25. The van der Waals surface area contributed by atoms with Gasteiger partial charge in [0, 0.05) is 5.54 Å². The molecule has 1 aliphatic rings. The largest absolute Gasteiger partial charge is 0.312 e. The Morgan fingerprint density at radius 1 is 1.16 bits per heavy atom. The van der Waals surface area contributed by atoms with Gasteiger partial charge in [0.05, 0.1) is 0 Å². The van der Waals surface area contributed by atoms with Gasteiger partial charge in [-0.3, -0.25) is 0 Å². The van der Waals surface area contributed by atoms with Crippen LogP contribution in [0.3, 0.4) is 0 Å². The molecule has 0 aliphatic heterocycles. The highest BCUT2D eigenvalue weighted by Crippen LogP contribution is 2.31. The first-order chi connectivity index (χ1) is 9.04. The third kappa shape index (κ3) is 5.27. The minimum Gasteiger partial charge on any atom is -0.312 e. The van der Waals surface area contributed by atoms with E-state index in [9.17, 15) is 0 Å². The van der Waals surface area contributed by atoms with Crippen molar-refractivity contribution in [1.29, 1.82) is 0 Å². The first kappa shape index (κ1) is 15.1. The Labute approximate surface area is 122 Å². The Morgan fingerprint density at radius 2 is 1.89 bits per heavy atom. The van der Waals surface area contributed by atoms with Crippen molar-refractivity contribution in [2.45, 2.75) is 64.8 Å². The van der Waals surface area contributed by atoms with E-state index in [2.05, 4.69) is 42.9 Å². The molecule has 0 saturated heterocycles. The van der Waals surface area contributed by atoms with E-state index in [1.807, 2.05) is 11.3 Å². The molecular formula is C17H29NS. The highest BCUT2D eigenvalue weighted by atomic mass is 32.1. The van der Waals surface area contributed by atoms with Crippen LogP contribution in [0.4, 0.5) is 0 Å². The molecule has 1 saturated carbocycles. The van der Waals surface area contributed by atoms with Crippen molar-refractivity contribution < 1.29 is 0 Å². The molecule has 19 heavy (non-hydrogen) atoms. The molecule has 2 atom stereocenters. The van der Waals surface area contributed by atoms with E-state index in [-0.39, 0.29) is 5.54 Å². The molecule has 1 nitrogen and oxygen atoms in total. The van der Waals surface area contributed by atoms with Crippen LogP contribution in [-0.2, 0) is 6.42 Å². The monoisotopic (exact) mass is 279 g/mol. The first-order valence-corrected chi connectivity index (χ1v) is 8.75. The zero-order valence-corrected chi connectivity index (χ0v) is 13.6. The summed E-state index contributed by atoms with van der Waals surface area (Å²) in [4.78, 5) is 0. The maximum Gasteiger partial charge on any atom is 0.00966 e. The van der Waals surface area contributed by atoms with Crippen molar-refractivity contribution in [3.05, 3.63) is 22.4 Å². The Kier molecular flexibility index (Phi) is 5.47. The van der Waals surface area contributed by atoms with Crippen LogP contribution in [0.15, 0.2) is 16.8 Å². The van der Waals surface area contributed by atoms with Crippen LogP contribution >= 0.6 is 11.3 Å². The van der Waals surface area contributed by atoms with E-state index in [4.69, 9.17) is 0 Å².